The summed E-state index contributed by atoms with van der Waals surface area (Å²) in [5.41, 5.74) is 1.36. The van der Waals surface area contributed by atoms with E-state index < -0.39 is 5.97 Å². The molecule has 1 saturated heterocycles. The van der Waals surface area contributed by atoms with Gasteiger partial charge in [-0.1, -0.05) is 0 Å². The Labute approximate surface area is 170 Å². The molecule has 0 saturated carbocycles. The number of likely N-dealkylation sites (tertiary alicyclic amines) is 1. The molecule has 2 aromatic rings. The number of carbonyl (C=O) groups is 2. The Morgan fingerprint density at radius 2 is 1.72 bits per heavy atom. The van der Waals surface area contributed by atoms with E-state index in [2.05, 4.69) is 4.74 Å². The molecular weight excluding hydrogens is 374 g/mol. The van der Waals surface area contributed by atoms with Crippen molar-refractivity contribution in [2.45, 2.75) is 18.9 Å². The molecule has 0 aromatic heterocycles. The minimum absolute atomic E-state index is 0.0830. The highest BCUT2D eigenvalue weighted by Crippen LogP contribution is 2.38. The Morgan fingerprint density at radius 1 is 1.00 bits per heavy atom. The first-order chi connectivity index (χ1) is 14.1. The number of amides is 1. The Balaban J connectivity index is 1.68. The lowest BCUT2D eigenvalue weighted by Crippen LogP contribution is -2.34. The lowest BCUT2D eigenvalue weighted by molar-refractivity contribution is -0.134. The van der Waals surface area contributed by atoms with Crippen molar-refractivity contribution in [1.82, 2.24) is 4.90 Å². The molecule has 1 atom stereocenters. The van der Waals surface area contributed by atoms with Crippen molar-refractivity contribution in [1.29, 1.82) is 0 Å². The molecule has 1 aliphatic rings. The monoisotopic (exact) mass is 399 g/mol. The van der Waals surface area contributed by atoms with E-state index in [1.165, 1.54) is 7.11 Å². The SMILES string of the molecule is COC(=O)c1ccc(OCC(=O)N2CCC[C@H]2c2cc(OC)ccc2OC)cc1. The molecule has 1 amide bonds. The zero-order valence-corrected chi connectivity index (χ0v) is 16.8. The van der Waals surface area contributed by atoms with E-state index in [9.17, 15) is 9.59 Å². The van der Waals surface area contributed by atoms with Gasteiger partial charge in [0.25, 0.3) is 5.91 Å². The topological polar surface area (TPSA) is 74.3 Å². The molecule has 0 radical (unpaired) electrons. The van der Waals surface area contributed by atoms with Crippen LogP contribution in [-0.2, 0) is 9.53 Å². The average Bonchev–Trinajstić information content (AvgIpc) is 3.26. The molecular formula is C22H25NO6. The van der Waals surface area contributed by atoms with Crippen LogP contribution in [0.3, 0.4) is 0 Å². The van der Waals surface area contributed by atoms with E-state index in [1.807, 2.05) is 23.1 Å². The molecule has 29 heavy (non-hydrogen) atoms. The van der Waals surface area contributed by atoms with E-state index in [1.54, 1.807) is 38.5 Å². The van der Waals surface area contributed by atoms with Gasteiger partial charge in [0.1, 0.15) is 17.2 Å². The maximum atomic E-state index is 12.8. The van der Waals surface area contributed by atoms with Crippen LogP contribution in [0.4, 0.5) is 0 Å². The number of ether oxygens (including phenoxy) is 4. The number of benzene rings is 2. The third kappa shape index (κ3) is 4.62. The van der Waals surface area contributed by atoms with Crippen LogP contribution in [-0.4, -0.2) is 51.3 Å². The van der Waals surface area contributed by atoms with Crippen molar-refractivity contribution in [2.75, 3.05) is 34.5 Å². The quantitative estimate of drug-likeness (QED) is 0.666. The van der Waals surface area contributed by atoms with Crippen molar-refractivity contribution in [3.63, 3.8) is 0 Å². The second kappa shape index (κ2) is 9.32. The van der Waals surface area contributed by atoms with Crippen molar-refractivity contribution in [3.8, 4) is 17.2 Å². The Morgan fingerprint density at radius 3 is 2.38 bits per heavy atom. The molecule has 7 heteroatoms. The van der Waals surface area contributed by atoms with Gasteiger partial charge in [-0.15, -0.1) is 0 Å². The summed E-state index contributed by atoms with van der Waals surface area (Å²) in [6.45, 7) is 0.578. The predicted molar refractivity (Wildman–Crippen MR) is 107 cm³/mol. The zero-order valence-electron chi connectivity index (χ0n) is 16.8. The minimum Gasteiger partial charge on any atom is -0.497 e. The van der Waals surface area contributed by atoms with Crippen LogP contribution in [0.25, 0.3) is 0 Å². The van der Waals surface area contributed by atoms with Crippen LogP contribution in [0.15, 0.2) is 42.5 Å². The number of rotatable bonds is 7. The number of hydrogen-bond donors (Lipinski definition) is 0. The number of methoxy groups -OCH3 is 3. The van der Waals surface area contributed by atoms with E-state index >= 15 is 0 Å². The molecule has 0 N–H and O–H groups in total. The van der Waals surface area contributed by atoms with Gasteiger partial charge in [0.15, 0.2) is 6.61 Å². The molecule has 2 aromatic carbocycles. The number of carbonyl (C=O) groups excluding carboxylic acids is 2. The summed E-state index contributed by atoms with van der Waals surface area (Å²) in [5, 5.41) is 0. The molecule has 3 rings (SSSR count). The highest BCUT2D eigenvalue weighted by Gasteiger charge is 2.32. The summed E-state index contributed by atoms with van der Waals surface area (Å²) in [6, 6.07) is 12.0. The molecule has 0 aliphatic carbocycles. The fourth-order valence-electron chi connectivity index (χ4n) is 3.52. The van der Waals surface area contributed by atoms with Gasteiger partial charge in [0.05, 0.1) is 32.9 Å². The maximum absolute atomic E-state index is 12.8. The van der Waals surface area contributed by atoms with Crippen molar-refractivity contribution < 1.29 is 28.5 Å². The second-order valence-corrected chi connectivity index (χ2v) is 6.66. The largest absolute Gasteiger partial charge is 0.497 e. The molecule has 1 fully saturated rings. The first kappa shape index (κ1) is 20.5. The van der Waals surface area contributed by atoms with E-state index in [4.69, 9.17) is 14.2 Å². The fourth-order valence-corrected chi connectivity index (χ4v) is 3.52. The van der Waals surface area contributed by atoms with Crippen LogP contribution < -0.4 is 14.2 Å². The van der Waals surface area contributed by atoms with Crippen molar-refractivity contribution in [3.05, 3.63) is 53.6 Å². The van der Waals surface area contributed by atoms with Gasteiger partial charge in [-0.3, -0.25) is 4.79 Å². The Bertz CT molecular complexity index is 864. The highest BCUT2D eigenvalue weighted by molar-refractivity contribution is 5.89. The van der Waals surface area contributed by atoms with Gasteiger partial charge in [0.2, 0.25) is 0 Å². The average molecular weight is 399 g/mol. The Kier molecular flexibility index (Phi) is 6.59. The standard InChI is InChI=1S/C22H25NO6/c1-26-17-10-11-20(27-2)18(13-17)19-5-4-12-23(19)21(24)14-29-16-8-6-15(7-9-16)22(25)28-3/h6-11,13,19H,4-5,12,14H2,1-3H3/t19-/m0/s1. The summed E-state index contributed by atoms with van der Waals surface area (Å²) < 4.78 is 21.1. The molecule has 1 heterocycles. The van der Waals surface area contributed by atoms with Gasteiger partial charge in [0, 0.05) is 12.1 Å². The zero-order chi connectivity index (χ0) is 20.8. The molecule has 7 nitrogen and oxygen atoms in total. The highest BCUT2D eigenvalue weighted by atomic mass is 16.5. The fraction of sp³-hybridized carbons (Fsp3) is 0.364. The van der Waals surface area contributed by atoms with E-state index in [0.717, 1.165) is 29.9 Å². The summed E-state index contributed by atoms with van der Waals surface area (Å²) in [5.74, 6) is 1.45. The van der Waals surface area contributed by atoms with Crippen molar-refractivity contribution in [2.24, 2.45) is 0 Å². The smallest absolute Gasteiger partial charge is 0.337 e. The second-order valence-electron chi connectivity index (χ2n) is 6.66. The molecule has 0 unspecified atom stereocenters. The first-order valence-corrected chi connectivity index (χ1v) is 9.40. The van der Waals surface area contributed by atoms with Gasteiger partial charge in [-0.25, -0.2) is 4.79 Å². The van der Waals surface area contributed by atoms with E-state index in [-0.39, 0.29) is 18.6 Å². The summed E-state index contributed by atoms with van der Waals surface area (Å²) in [7, 11) is 4.56. The summed E-state index contributed by atoms with van der Waals surface area (Å²) >= 11 is 0. The van der Waals surface area contributed by atoms with Crippen molar-refractivity contribution >= 4 is 11.9 Å². The van der Waals surface area contributed by atoms with Gasteiger partial charge in [-0.2, -0.15) is 0 Å². The van der Waals surface area contributed by atoms with Gasteiger partial charge < -0.3 is 23.8 Å². The first-order valence-electron chi connectivity index (χ1n) is 9.40. The van der Waals surface area contributed by atoms with Crippen LogP contribution in [0.1, 0.15) is 34.8 Å². The van der Waals surface area contributed by atoms with E-state index in [0.29, 0.717) is 17.9 Å². The molecule has 0 bridgehead atoms. The third-order valence-corrected chi connectivity index (χ3v) is 5.01. The maximum Gasteiger partial charge on any atom is 0.337 e. The van der Waals surface area contributed by atoms with Crippen LogP contribution in [0, 0.1) is 0 Å². The number of hydrogen-bond acceptors (Lipinski definition) is 6. The third-order valence-electron chi connectivity index (χ3n) is 5.01. The predicted octanol–water partition coefficient (Wildman–Crippen LogP) is 3.23. The lowest BCUT2D eigenvalue weighted by Gasteiger charge is -2.26. The molecule has 154 valence electrons. The minimum atomic E-state index is -0.417. The van der Waals surface area contributed by atoms with Crippen LogP contribution in [0.2, 0.25) is 0 Å². The van der Waals surface area contributed by atoms with Crippen LogP contribution in [0.5, 0.6) is 17.2 Å². The van der Waals surface area contributed by atoms with Crippen LogP contribution >= 0.6 is 0 Å². The molecule has 1 aliphatic heterocycles. The normalized spacial score (nSPS) is 15.7. The number of esters is 1. The summed E-state index contributed by atoms with van der Waals surface area (Å²) in [4.78, 5) is 26.1. The summed E-state index contributed by atoms with van der Waals surface area (Å²) in [6.07, 6.45) is 1.76. The van der Waals surface area contributed by atoms with Gasteiger partial charge in [-0.05, 0) is 55.3 Å². The number of nitrogens with zero attached hydrogens (tertiary/aromatic N) is 1. The molecule has 0 spiro atoms. The van der Waals surface area contributed by atoms with Gasteiger partial charge >= 0.3 is 5.97 Å². The Hall–Kier alpha value is -3.22. The lowest BCUT2D eigenvalue weighted by atomic mass is 10.0.